The van der Waals surface area contributed by atoms with E-state index in [0.717, 1.165) is 11.1 Å². The monoisotopic (exact) mass is 396 g/mol. The number of carbonyl (C=O) groups is 2. The van der Waals surface area contributed by atoms with Crippen molar-refractivity contribution in [2.75, 3.05) is 13.2 Å². The van der Waals surface area contributed by atoms with Gasteiger partial charge in [0.15, 0.2) is 6.61 Å². The molecule has 1 atom stereocenters. The number of nitrogens with one attached hydrogen (secondary N) is 1. The Bertz CT molecular complexity index is 790. The minimum absolute atomic E-state index is 0.0193. The minimum Gasteiger partial charge on any atom is -0.484 e. The molecule has 0 aliphatic rings. The molecule has 2 aromatic carbocycles. The zero-order valence-electron chi connectivity index (χ0n) is 17.9. The van der Waals surface area contributed by atoms with Gasteiger partial charge in [0.2, 0.25) is 5.91 Å². The fraction of sp³-hybridized carbons (Fsp3) is 0.417. The quantitative estimate of drug-likeness (QED) is 0.665. The largest absolute Gasteiger partial charge is 0.484 e. The van der Waals surface area contributed by atoms with Crippen LogP contribution in [0.15, 0.2) is 54.6 Å². The average molecular weight is 397 g/mol. The molecule has 0 bridgehead atoms. The molecule has 1 N–H and O–H groups in total. The van der Waals surface area contributed by atoms with E-state index in [4.69, 9.17) is 4.74 Å². The van der Waals surface area contributed by atoms with Crippen molar-refractivity contribution in [3.05, 3.63) is 65.7 Å². The fourth-order valence-electron chi connectivity index (χ4n) is 3.22. The van der Waals surface area contributed by atoms with E-state index in [0.29, 0.717) is 25.1 Å². The number of aryl methyl sites for hydroxylation is 1. The second-order valence-electron chi connectivity index (χ2n) is 7.46. The third kappa shape index (κ3) is 6.93. The van der Waals surface area contributed by atoms with E-state index in [1.54, 1.807) is 4.90 Å². The molecule has 29 heavy (non-hydrogen) atoms. The number of ether oxygens (including phenoxy) is 1. The first-order chi connectivity index (χ1) is 13.9. The summed E-state index contributed by atoms with van der Waals surface area (Å²) >= 11 is 0. The lowest BCUT2D eigenvalue weighted by atomic mass is 10.1. The van der Waals surface area contributed by atoms with Crippen LogP contribution in [0, 0.1) is 6.92 Å². The van der Waals surface area contributed by atoms with E-state index in [-0.39, 0.29) is 24.5 Å². The lowest BCUT2D eigenvalue weighted by Crippen LogP contribution is -2.52. The Morgan fingerprint density at radius 3 is 2.31 bits per heavy atom. The van der Waals surface area contributed by atoms with Crippen LogP contribution in [0.25, 0.3) is 0 Å². The molecule has 0 saturated heterocycles. The van der Waals surface area contributed by atoms with Gasteiger partial charge in [-0.15, -0.1) is 0 Å². The third-order valence-corrected chi connectivity index (χ3v) is 4.75. The van der Waals surface area contributed by atoms with Crippen molar-refractivity contribution in [3.8, 4) is 5.75 Å². The van der Waals surface area contributed by atoms with Gasteiger partial charge in [-0.25, -0.2) is 0 Å². The van der Waals surface area contributed by atoms with E-state index in [1.165, 1.54) is 0 Å². The molecule has 0 aliphatic heterocycles. The van der Waals surface area contributed by atoms with Gasteiger partial charge in [0, 0.05) is 12.6 Å². The first-order valence-electron chi connectivity index (χ1n) is 10.2. The van der Waals surface area contributed by atoms with Gasteiger partial charge in [-0.1, -0.05) is 55.5 Å². The molecule has 0 fully saturated rings. The number of rotatable bonds is 10. The van der Waals surface area contributed by atoms with Crippen molar-refractivity contribution in [1.29, 1.82) is 0 Å². The molecule has 0 spiro atoms. The van der Waals surface area contributed by atoms with Crippen molar-refractivity contribution >= 4 is 11.8 Å². The second kappa shape index (κ2) is 11.2. The Morgan fingerprint density at radius 2 is 1.69 bits per heavy atom. The Kier molecular flexibility index (Phi) is 8.71. The highest BCUT2D eigenvalue weighted by Gasteiger charge is 2.28. The van der Waals surface area contributed by atoms with Gasteiger partial charge >= 0.3 is 0 Å². The predicted molar refractivity (Wildman–Crippen MR) is 116 cm³/mol. The molecule has 0 aromatic heterocycles. The van der Waals surface area contributed by atoms with Crippen LogP contribution in [0.2, 0.25) is 0 Å². The summed E-state index contributed by atoms with van der Waals surface area (Å²) in [5, 5.41) is 2.94. The molecule has 2 amide bonds. The molecule has 5 nitrogen and oxygen atoms in total. The molecule has 0 aliphatic carbocycles. The lowest BCUT2D eigenvalue weighted by Gasteiger charge is -2.31. The SMILES string of the molecule is CCC(C(=O)NC(C)C)N(CCc1ccccc1)C(=O)COc1ccccc1C. The van der Waals surface area contributed by atoms with Gasteiger partial charge in [-0.3, -0.25) is 9.59 Å². The number of para-hydroxylation sites is 1. The van der Waals surface area contributed by atoms with Crippen LogP contribution >= 0.6 is 0 Å². The predicted octanol–water partition coefficient (Wildman–Crippen LogP) is 3.75. The lowest BCUT2D eigenvalue weighted by molar-refractivity contribution is -0.142. The summed E-state index contributed by atoms with van der Waals surface area (Å²) in [6.07, 6.45) is 1.23. The topological polar surface area (TPSA) is 58.6 Å². The summed E-state index contributed by atoms with van der Waals surface area (Å²) in [6, 6.07) is 17.1. The highest BCUT2D eigenvalue weighted by atomic mass is 16.5. The average Bonchev–Trinajstić information content (AvgIpc) is 2.70. The number of hydrogen-bond acceptors (Lipinski definition) is 3. The van der Waals surface area contributed by atoms with Crippen LogP contribution in [0.1, 0.15) is 38.3 Å². The number of hydrogen-bond donors (Lipinski definition) is 1. The zero-order chi connectivity index (χ0) is 21.2. The highest BCUT2D eigenvalue weighted by Crippen LogP contribution is 2.17. The standard InChI is InChI=1S/C24H32N2O3/c1-5-21(24(28)25-18(2)3)26(16-15-20-12-7-6-8-13-20)23(27)17-29-22-14-10-9-11-19(22)4/h6-14,18,21H,5,15-17H2,1-4H3,(H,25,28). The summed E-state index contributed by atoms with van der Waals surface area (Å²) in [4.78, 5) is 27.4. The summed E-state index contributed by atoms with van der Waals surface area (Å²) in [7, 11) is 0. The van der Waals surface area contributed by atoms with E-state index in [2.05, 4.69) is 5.32 Å². The Balaban J connectivity index is 2.13. The Morgan fingerprint density at radius 1 is 1.03 bits per heavy atom. The number of nitrogens with zero attached hydrogens (tertiary/aromatic N) is 1. The van der Waals surface area contributed by atoms with E-state index >= 15 is 0 Å². The zero-order valence-corrected chi connectivity index (χ0v) is 17.9. The van der Waals surface area contributed by atoms with Crippen LogP contribution in [0.3, 0.4) is 0 Å². The molecule has 1 unspecified atom stereocenters. The maximum Gasteiger partial charge on any atom is 0.261 e. The molecule has 0 heterocycles. The van der Waals surface area contributed by atoms with Crippen molar-refractivity contribution < 1.29 is 14.3 Å². The smallest absolute Gasteiger partial charge is 0.261 e. The Labute approximate surface area is 174 Å². The summed E-state index contributed by atoms with van der Waals surface area (Å²) in [6.45, 7) is 8.08. The molecule has 5 heteroatoms. The van der Waals surface area contributed by atoms with E-state index < -0.39 is 6.04 Å². The van der Waals surface area contributed by atoms with Crippen molar-refractivity contribution in [3.63, 3.8) is 0 Å². The molecule has 156 valence electrons. The summed E-state index contributed by atoms with van der Waals surface area (Å²) in [5.41, 5.74) is 2.10. The van der Waals surface area contributed by atoms with Crippen molar-refractivity contribution in [2.45, 2.75) is 52.6 Å². The number of benzene rings is 2. The molecular weight excluding hydrogens is 364 g/mol. The van der Waals surface area contributed by atoms with E-state index in [9.17, 15) is 9.59 Å². The van der Waals surface area contributed by atoms with Gasteiger partial charge in [0.1, 0.15) is 11.8 Å². The van der Waals surface area contributed by atoms with Gasteiger partial charge in [-0.2, -0.15) is 0 Å². The first-order valence-corrected chi connectivity index (χ1v) is 10.2. The molecule has 0 saturated carbocycles. The summed E-state index contributed by atoms with van der Waals surface area (Å²) in [5.74, 6) is 0.373. The van der Waals surface area contributed by atoms with Gasteiger partial charge in [0.05, 0.1) is 0 Å². The molecule has 2 rings (SSSR count). The molecular formula is C24H32N2O3. The van der Waals surface area contributed by atoms with Crippen molar-refractivity contribution in [1.82, 2.24) is 10.2 Å². The number of carbonyl (C=O) groups excluding carboxylic acids is 2. The first kappa shape index (κ1) is 22.5. The fourth-order valence-corrected chi connectivity index (χ4v) is 3.22. The van der Waals surface area contributed by atoms with Crippen LogP contribution < -0.4 is 10.1 Å². The highest BCUT2D eigenvalue weighted by molar-refractivity contribution is 5.88. The van der Waals surface area contributed by atoms with Crippen LogP contribution in [0.5, 0.6) is 5.75 Å². The normalized spacial score (nSPS) is 11.8. The molecule has 0 radical (unpaired) electrons. The van der Waals surface area contributed by atoms with E-state index in [1.807, 2.05) is 82.3 Å². The molecule has 2 aromatic rings. The van der Waals surface area contributed by atoms with Gasteiger partial charge in [-0.05, 0) is 50.8 Å². The minimum atomic E-state index is -0.519. The third-order valence-electron chi connectivity index (χ3n) is 4.75. The van der Waals surface area contributed by atoms with Gasteiger partial charge < -0.3 is 15.0 Å². The maximum atomic E-state index is 13.1. The van der Waals surface area contributed by atoms with Crippen molar-refractivity contribution in [2.24, 2.45) is 0 Å². The number of amides is 2. The van der Waals surface area contributed by atoms with Crippen LogP contribution in [-0.2, 0) is 16.0 Å². The van der Waals surface area contributed by atoms with Crippen LogP contribution in [0.4, 0.5) is 0 Å². The Hall–Kier alpha value is -2.82. The van der Waals surface area contributed by atoms with Gasteiger partial charge in [0.25, 0.3) is 5.91 Å². The second-order valence-corrected chi connectivity index (χ2v) is 7.46. The van der Waals surface area contributed by atoms with Crippen LogP contribution in [-0.4, -0.2) is 41.9 Å². The summed E-state index contributed by atoms with van der Waals surface area (Å²) < 4.78 is 5.76. The maximum absolute atomic E-state index is 13.1.